The molecule has 64 valence electrons. The predicted octanol–water partition coefficient (Wildman–Crippen LogP) is -0.325. The van der Waals surface area contributed by atoms with Crippen molar-refractivity contribution < 1.29 is 25.7 Å². The molecule has 1 aromatic rings. The molecule has 0 spiro atoms. The molecule has 0 heterocycles. The van der Waals surface area contributed by atoms with Gasteiger partial charge in [-0.25, -0.2) is 10.0 Å². The van der Waals surface area contributed by atoms with E-state index in [1.54, 1.807) is 0 Å². The van der Waals surface area contributed by atoms with Gasteiger partial charge in [-0.3, -0.25) is 0 Å². The number of benzene rings is 1. The summed E-state index contributed by atoms with van der Waals surface area (Å²) in [7, 11) is 0. The molecule has 5 N–H and O–H groups in total. The van der Waals surface area contributed by atoms with Crippen LogP contribution >= 0.6 is 0 Å². The number of nitrogens with two attached hydrogens (primary N) is 1. The van der Waals surface area contributed by atoms with Crippen LogP contribution in [0.2, 0.25) is 0 Å². The van der Waals surface area contributed by atoms with Gasteiger partial charge in [0, 0.05) is 6.07 Å². The lowest BCUT2D eigenvalue weighted by atomic mass is 10.2. The number of hydrogen-bond donors (Lipinski definition) is 4. The van der Waals surface area contributed by atoms with Gasteiger partial charge in [0.2, 0.25) is 5.69 Å². The third-order valence-electron chi connectivity index (χ3n) is 1.44. The van der Waals surface area contributed by atoms with Crippen LogP contribution in [0.15, 0.2) is 18.2 Å². The summed E-state index contributed by atoms with van der Waals surface area (Å²) in [5.41, 5.74) is 0.523. The summed E-state index contributed by atoms with van der Waals surface area (Å²) >= 11 is 0. The van der Waals surface area contributed by atoms with E-state index in [1.807, 2.05) is 0 Å². The highest BCUT2D eigenvalue weighted by molar-refractivity contribution is 5.92. The van der Waals surface area contributed by atoms with Crippen LogP contribution < -0.4 is 5.48 Å². The Balaban J connectivity index is 3.23. The molecule has 0 saturated carbocycles. The maximum Gasteiger partial charge on any atom is 0.339 e. The highest BCUT2D eigenvalue weighted by Crippen LogP contribution is 2.22. The molecule has 12 heavy (non-hydrogen) atoms. The minimum Gasteiger partial charge on any atom is -0.502 e. The fourth-order valence-corrected chi connectivity index (χ4v) is 0.838. The SMILES string of the molecule is O=C(O)c1cccc([NH2+]O)c1O. The molecule has 0 radical (unpaired) electrons. The Hall–Kier alpha value is -1.59. The van der Waals surface area contributed by atoms with Gasteiger partial charge in [-0.1, -0.05) is 6.07 Å². The zero-order chi connectivity index (χ0) is 9.14. The quantitative estimate of drug-likeness (QED) is 0.278. The summed E-state index contributed by atoms with van der Waals surface area (Å²) in [6.45, 7) is 0. The zero-order valence-electron chi connectivity index (χ0n) is 6.06. The smallest absolute Gasteiger partial charge is 0.339 e. The van der Waals surface area contributed by atoms with Crippen LogP contribution in [0.5, 0.6) is 5.75 Å². The number of aromatic carboxylic acids is 1. The van der Waals surface area contributed by atoms with E-state index in [2.05, 4.69) is 0 Å². The average Bonchev–Trinajstić information content (AvgIpc) is 2.04. The van der Waals surface area contributed by atoms with Crippen LogP contribution in [0.4, 0.5) is 5.69 Å². The molecule has 0 aromatic heterocycles. The second-order valence-corrected chi connectivity index (χ2v) is 2.18. The topological polar surface area (TPSA) is 94.4 Å². The first kappa shape index (κ1) is 8.51. The molecule has 0 aliphatic heterocycles. The van der Waals surface area contributed by atoms with Crippen LogP contribution in [-0.2, 0) is 0 Å². The van der Waals surface area contributed by atoms with Crippen molar-refractivity contribution >= 4 is 11.7 Å². The summed E-state index contributed by atoms with van der Waals surface area (Å²) in [4.78, 5) is 10.4. The number of aromatic hydroxyl groups is 1. The van der Waals surface area contributed by atoms with Crippen LogP contribution in [0.25, 0.3) is 0 Å². The fourth-order valence-electron chi connectivity index (χ4n) is 0.838. The molecule has 1 rings (SSSR count). The lowest BCUT2D eigenvalue weighted by Gasteiger charge is -1.99. The van der Waals surface area contributed by atoms with Crippen LogP contribution in [0.3, 0.4) is 0 Å². The largest absolute Gasteiger partial charge is 0.502 e. The molecule has 0 aliphatic carbocycles. The van der Waals surface area contributed by atoms with E-state index >= 15 is 0 Å². The van der Waals surface area contributed by atoms with Crippen LogP contribution in [0, 0.1) is 0 Å². The third-order valence-corrected chi connectivity index (χ3v) is 1.44. The monoisotopic (exact) mass is 170 g/mol. The van der Waals surface area contributed by atoms with Gasteiger partial charge in [-0.05, 0) is 6.07 Å². The number of hydrogen-bond acceptors (Lipinski definition) is 3. The Bertz CT molecular complexity index is 310. The lowest BCUT2D eigenvalue weighted by molar-refractivity contribution is -0.826. The van der Waals surface area contributed by atoms with E-state index in [0.29, 0.717) is 5.48 Å². The summed E-state index contributed by atoms with van der Waals surface area (Å²) in [5, 5.41) is 26.3. The standard InChI is InChI=1S/C7H7NO4/c9-6-4(7(10)11)2-1-3-5(6)8-12/h1-3,8-9,12H,(H,10,11)/p+1. The lowest BCUT2D eigenvalue weighted by Crippen LogP contribution is -2.73. The maximum absolute atomic E-state index is 10.4. The summed E-state index contributed by atoms with van der Waals surface area (Å²) in [5.74, 6) is -1.65. The van der Waals surface area contributed by atoms with Crippen molar-refractivity contribution in [1.82, 2.24) is 0 Å². The Morgan fingerprint density at radius 3 is 2.58 bits per heavy atom. The second kappa shape index (κ2) is 3.21. The highest BCUT2D eigenvalue weighted by atomic mass is 16.5. The van der Waals surface area contributed by atoms with Gasteiger partial charge in [0.05, 0.1) is 0 Å². The van der Waals surface area contributed by atoms with E-state index in [1.165, 1.54) is 18.2 Å². The van der Waals surface area contributed by atoms with Crippen molar-refractivity contribution in [3.05, 3.63) is 23.8 Å². The van der Waals surface area contributed by atoms with Crippen molar-refractivity contribution in [2.75, 3.05) is 0 Å². The zero-order valence-corrected chi connectivity index (χ0v) is 6.06. The third kappa shape index (κ3) is 1.36. The number of carboxylic acid groups (broad SMARTS) is 1. The van der Waals surface area contributed by atoms with E-state index in [9.17, 15) is 9.90 Å². The summed E-state index contributed by atoms with van der Waals surface area (Å²) < 4.78 is 0. The molecule has 0 atom stereocenters. The van der Waals surface area contributed by atoms with Crippen molar-refractivity contribution in [3.63, 3.8) is 0 Å². The van der Waals surface area contributed by atoms with E-state index in [0.717, 1.165) is 0 Å². The molecule has 0 saturated heterocycles. The number of quaternary nitrogens is 1. The Morgan fingerprint density at radius 2 is 2.08 bits per heavy atom. The van der Waals surface area contributed by atoms with Crippen molar-refractivity contribution in [1.29, 1.82) is 0 Å². The first-order valence-corrected chi connectivity index (χ1v) is 3.19. The van der Waals surface area contributed by atoms with Gasteiger partial charge in [-0.2, -0.15) is 5.48 Å². The van der Waals surface area contributed by atoms with Crippen LogP contribution in [0.1, 0.15) is 10.4 Å². The Morgan fingerprint density at radius 1 is 1.42 bits per heavy atom. The Labute approximate surface area is 67.8 Å². The van der Waals surface area contributed by atoms with Crippen molar-refractivity contribution in [3.8, 4) is 5.75 Å². The maximum atomic E-state index is 10.4. The van der Waals surface area contributed by atoms with Crippen LogP contribution in [-0.4, -0.2) is 21.4 Å². The summed E-state index contributed by atoms with van der Waals surface area (Å²) in [6.07, 6.45) is 0. The second-order valence-electron chi connectivity index (χ2n) is 2.18. The molecule has 0 aliphatic rings. The molecule has 5 nitrogen and oxygen atoms in total. The number of rotatable bonds is 2. The number of para-hydroxylation sites is 1. The molecule has 0 bridgehead atoms. The fraction of sp³-hybridized carbons (Fsp3) is 0. The number of carboxylic acids is 1. The normalized spacial score (nSPS) is 9.75. The van der Waals surface area contributed by atoms with Crippen molar-refractivity contribution in [2.45, 2.75) is 0 Å². The predicted molar refractivity (Wildman–Crippen MR) is 38.4 cm³/mol. The van der Waals surface area contributed by atoms with E-state index in [4.69, 9.17) is 10.3 Å². The molecule has 5 heteroatoms. The van der Waals surface area contributed by atoms with E-state index in [-0.39, 0.29) is 11.3 Å². The molecule has 0 fully saturated rings. The van der Waals surface area contributed by atoms with Gasteiger partial charge in [0.1, 0.15) is 5.56 Å². The average molecular weight is 170 g/mol. The molecule has 0 unspecified atom stereocenters. The minimum absolute atomic E-state index is 0.0925. The van der Waals surface area contributed by atoms with E-state index < -0.39 is 11.7 Å². The minimum atomic E-state index is -1.23. The van der Waals surface area contributed by atoms with Crippen molar-refractivity contribution in [2.24, 2.45) is 0 Å². The van der Waals surface area contributed by atoms with Gasteiger partial charge >= 0.3 is 5.97 Å². The Kier molecular flexibility index (Phi) is 2.27. The van der Waals surface area contributed by atoms with Gasteiger partial charge in [0.25, 0.3) is 0 Å². The molecule has 0 amide bonds. The first-order chi connectivity index (χ1) is 5.66. The molecular formula is C7H8NO4+. The summed E-state index contributed by atoms with van der Waals surface area (Å²) in [6, 6.07) is 4.09. The van der Waals surface area contributed by atoms with Gasteiger partial charge in [-0.15, -0.1) is 0 Å². The molecular weight excluding hydrogens is 162 g/mol. The first-order valence-electron chi connectivity index (χ1n) is 3.19. The highest BCUT2D eigenvalue weighted by Gasteiger charge is 2.14. The number of carbonyl (C=O) groups is 1. The van der Waals surface area contributed by atoms with Gasteiger partial charge in [0.15, 0.2) is 5.75 Å². The van der Waals surface area contributed by atoms with Gasteiger partial charge < -0.3 is 10.2 Å². The number of phenols is 1. The molecule has 1 aromatic carbocycles.